The lowest BCUT2D eigenvalue weighted by Gasteiger charge is -2.22. The molecule has 3 heteroatoms. The topological polar surface area (TPSA) is 41.1 Å². The Morgan fingerprint density at radius 3 is 2.10 bits per heavy atom. The molecule has 0 heterocycles. The lowest BCUT2D eigenvalue weighted by Crippen LogP contribution is -2.40. The fraction of sp³-hybridized carbons (Fsp3) is 0.611. The number of benzene rings is 1. The lowest BCUT2D eigenvalue weighted by atomic mass is 9.95. The van der Waals surface area contributed by atoms with Crippen LogP contribution in [0, 0.1) is 11.8 Å². The standard InChI is InChI=1S/C18H30N2O/c1-14(2)10-17(11-15(3)4)19-13-18(21)20-12-16-8-6-5-7-9-16/h5-9,14-15,17,19H,10-13H2,1-4H3,(H,20,21). The van der Waals surface area contributed by atoms with Crippen LogP contribution in [0.4, 0.5) is 0 Å². The zero-order chi connectivity index (χ0) is 15.7. The lowest BCUT2D eigenvalue weighted by molar-refractivity contribution is -0.120. The highest BCUT2D eigenvalue weighted by molar-refractivity contribution is 5.78. The minimum atomic E-state index is 0.0661. The molecule has 0 aromatic heterocycles. The fourth-order valence-electron chi connectivity index (χ4n) is 2.50. The summed E-state index contributed by atoms with van der Waals surface area (Å²) in [6, 6.07) is 10.4. The van der Waals surface area contributed by atoms with Crippen LogP contribution in [-0.4, -0.2) is 18.5 Å². The van der Waals surface area contributed by atoms with E-state index in [1.54, 1.807) is 0 Å². The first-order valence-electron chi connectivity index (χ1n) is 8.01. The molecule has 0 aliphatic carbocycles. The Labute approximate surface area is 129 Å². The second-order valence-electron chi connectivity index (χ2n) is 6.60. The Morgan fingerprint density at radius 2 is 1.57 bits per heavy atom. The van der Waals surface area contributed by atoms with Gasteiger partial charge < -0.3 is 10.6 Å². The van der Waals surface area contributed by atoms with E-state index in [-0.39, 0.29) is 5.91 Å². The van der Waals surface area contributed by atoms with Gasteiger partial charge in [0.25, 0.3) is 0 Å². The second-order valence-corrected chi connectivity index (χ2v) is 6.60. The van der Waals surface area contributed by atoms with Crippen LogP contribution in [0.1, 0.15) is 46.1 Å². The van der Waals surface area contributed by atoms with Gasteiger partial charge in [-0.1, -0.05) is 58.0 Å². The van der Waals surface area contributed by atoms with Crippen molar-refractivity contribution < 1.29 is 4.79 Å². The Kier molecular flexibility index (Phi) is 8.06. The van der Waals surface area contributed by atoms with Gasteiger partial charge in [-0.2, -0.15) is 0 Å². The van der Waals surface area contributed by atoms with Crippen LogP contribution < -0.4 is 10.6 Å². The minimum Gasteiger partial charge on any atom is -0.351 e. The molecule has 0 spiro atoms. The highest BCUT2D eigenvalue weighted by atomic mass is 16.1. The third-order valence-corrected chi connectivity index (χ3v) is 3.40. The summed E-state index contributed by atoms with van der Waals surface area (Å²) in [5.74, 6) is 1.36. The van der Waals surface area contributed by atoms with Gasteiger partial charge in [0, 0.05) is 12.6 Å². The molecular formula is C18H30N2O. The molecule has 1 aromatic rings. The van der Waals surface area contributed by atoms with E-state index in [0.29, 0.717) is 31.0 Å². The highest BCUT2D eigenvalue weighted by Gasteiger charge is 2.13. The number of rotatable bonds is 9. The Balaban J connectivity index is 2.31. The highest BCUT2D eigenvalue weighted by Crippen LogP contribution is 2.12. The largest absolute Gasteiger partial charge is 0.351 e. The third kappa shape index (κ3) is 8.51. The summed E-state index contributed by atoms with van der Waals surface area (Å²) >= 11 is 0. The van der Waals surface area contributed by atoms with Crippen molar-refractivity contribution in [2.75, 3.05) is 6.54 Å². The van der Waals surface area contributed by atoms with E-state index in [2.05, 4.69) is 38.3 Å². The van der Waals surface area contributed by atoms with Crippen LogP contribution in [0.5, 0.6) is 0 Å². The average Bonchev–Trinajstić information content (AvgIpc) is 2.42. The van der Waals surface area contributed by atoms with E-state index in [1.807, 2.05) is 30.3 Å². The Hall–Kier alpha value is -1.35. The van der Waals surface area contributed by atoms with E-state index in [1.165, 1.54) is 0 Å². The molecule has 0 saturated heterocycles. The average molecular weight is 290 g/mol. The molecule has 1 aromatic carbocycles. The van der Waals surface area contributed by atoms with Gasteiger partial charge in [-0.25, -0.2) is 0 Å². The molecule has 1 rings (SSSR count). The quantitative estimate of drug-likeness (QED) is 0.732. The number of hydrogen-bond acceptors (Lipinski definition) is 2. The smallest absolute Gasteiger partial charge is 0.234 e. The van der Waals surface area contributed by atoms with Gasteiger partial charge in [-0.3, -0.25) is 4.79 Å². The Morgan fingerprint density at radius 1 is 1.00 bits per heavy atom. The monoisotopic (exact) mass is 290 g/mol. The molecule has 3 nitrogen and oxygen atoms in total. The maximum Gasteiger partial charge on any atom is 0.234 e. The van der Waals surface area contributed by atoms with E-state index in [9.17, 15) is 4.79 Å². The number of hydrogen-bond donors (Lipinski definition) is 2. The van der Waals surface area contributed by atoms with Gasteiger partial charge in [0.05, 0.1) is 6.54 Å². The Bertz CT molecular complexity index is 391. The molecule has 0 aliphatic heterocycles. The van der Waals surface area contributed by atoms with Crippen LogP contribution in [0.2, 0.25) is 0 Å². The summed E-state index contributed by atoms with van der Waals surface area (Å²) in [6.45, 7) is 9.90. The van der Waals surface area contributed by atoms with Crippen molar-refractivity contribution >= 4 is 5.91 Å². The zero-order valence-corrected chi connectivity index (χ0v) is 13.9. The van der Waals surface area contributed by atoms with E-state index < -0.39 is 0 Å². The molecule has 0 saturated carbocycles. The molecule has 21 heavy (non-hydrogen) atoms. The number of nitrogens with one attached hydrogen (secondary N) is 2. The van der Waals surface area contributed by atoms with Gasteiger partial charge in [-0.05, 0) is 30.2 Å². The van der Waals surface area contributed by atoms with Crippen LogP contribution in [0.15, 0.2) is 30.3 Å². The number of amides is 1. The molecule has 0 unspecified atom stereocenters. The first-order chi connectivity index (χ1) is 9.97. The molecular weight excluding hydrogens is 260 g/mol. The van der Waals surface area contributed by atoms with Crippen LogP contribution in [0.3, 0.4) is 0 Å². The summed E-state index contributed by atoms with van der Waals surface area (Å²) in [4.78, 5) is 11.9. The maximum atomic E-state index is 11.9. The van der Waals surface area contributed by atoms with Crippen molar-refractivity contribution in [3.63, 3.8) is 0 Å². The van der Waals surface area contributed by atoms with Gasteiger partial charge in [0.15, 0.2) is 0 Å². The second kappa shape index (κ2) is 9.56. The fourth-order valence-corrected chi connectivity index (χ4v) is 2.50. The summed E-state index contributed by atoms with van der Waals surface area (Å²) in [5.41, 5.74) is 1.13. The van der Waals surface area contributed by atoms with Crippen molar-refractivity contribution in [1.29, 1.82) is 0 Å². The molecule has 0 radical (unpaired) electrons. The van der Waals surface area contributed by atoms with Crippen molar-refractivity contribution in [2.24, 2.45) is 11.8 Å². The molecule has 0 aliphatic rings. The SMILES string of the molecule is CC(C)CC(CC(C)C)NCC(=O)NCc1ccccc1. The van der Waals surface area contributed by atoms with Gasteiger partial charge >= 0.3 is 0 Å². The van der Waals surface area contributed by atoms with Gasteiger partial charge in [0.2, 0.25) is 5.91 Å². The summed E-state index contributed by atoms with van der Waals surface area (Å²) in [5, 5.41) is 6.37. The van der Waals surface area contributed by atoms with E-state index >= 15 is 0 Å². The minimum absolute atomic E-state index is 0.0661. The van der Waals surface area contributed by atoms with Crippen molar-refractivity contribution in [3.05, 3.63) is 35.9 Å². The summed E-state index contributed by atoms with van der Waals surface area (Å²) in [7, 11) is 0. The summed E-state index contributed by atoms with van der Waals surface area (Å²) < 4.78 is 0. The van der Waals surface area contributed by atoms with Crippen molar-refractivity contribution in [2.45, 2.75) is 53.1 Å². The van der Waals surface area contributed by atoms with Crippen molar-refractivity contribution in [3.8, 4) is 0 Å². The van der Waals surface area contributed by atoms with E-state index in [0.717, 1.165) is 18.4 Å². The van der Waals surface area contributed by atoms with Crippen LogP contribution in [-0.2, 0) is 11.3 Å². The molecule has 2 N–H and O–H groups in total. The van der Waals surface area contributed by atoms with Gasteiger partial charge in [-0.15, -0.1) is 0 Å². The molecule has 0 fully saturated rings. The zero-order valence-electron chi connectivity index (χ0n) is 13.9. The van der Waals surface area contributed by atoms with Crippen LogP contribution in [0.25, 0.3) is 0 Å². The number of carbonyl (C=O) groups excluding carboxylic acids is 1. The number of carbonyl (C=O) groups is 1. The van der Waals surface area contributed by atoms with Crippen molar-refractivity contribution in [1.82, 2.24) is 10.6 Å². The summed E-state index contributed by atoms with van der Waals surface area (Å²) in [6.07, 6.45) is 2.23. The predicted molar refractivity (Wildman–Crippen MR) is 89.0 cm³/mol. The maximum absolute atomic E-state index is 11.9. The normalized spacial score (nSPS) is 11.4. The van der Waals surface area contributed by atoms with Crippen LogP contribution >= 0.6 is 0 Å². The molecule has 118 valence electrons. The predicted octanol–water partition coefficient (Wildman–Crippen LogP) is 3.35. The molecule has 1 amide bonds. The first-order valence-corrected chi connectivity index (χ1v) is 8.01. The molecule has 0 atom stereocenters. The first kappa shape index (κ1) is 17.7. The van der Waals surface area contributed by atoms with Gasteiger partial charge in [0.1, 0.15) is 0 Å². The third-order valence-electron chi connectivity index (χ3n) is 3.40. The molecule has 0 bridgehead atoms. The van der Waals surface area contributed by atoms with E-state index in [4.69, 9.17) is 0 Å².